The molecule has 3 rings (SSSR count). The van der Waals surface area contributed by atoms with Crippen LogP contribution in [0.25, 0.3) is 0 Å². The summed E-state index contributed by atoms with van der Waals surface area (Å²) in [6, 6.07) is 13.0. The topological polar surface area (TPSA) is 42.7 Å². The Kier molecular flexibility index (Phi) is 5.33. The van der Waals surface area contributed by atoms with Crippen LogP contribution in [-0.2, 0) is 13.1 Å². The van der Waals surface area contributed by atoms with Crippen molar-refractivity contribution in [2.75, 3.05) is 6.61 Å². The molecule has 0 spiro atoms. The monoisotopic (exact) mass is 341 g/mol. The summed E-state index contributed by atoms with van der Waals surface area (Å²) >= 11 is 1.63. The molecule has 0 bridgehead atoms. The van der Waals surface area contributed by atoms with Gasteiger partial charge in [-0.05, 0) is 65.7 Å². The third kappa shape index (κ3) is 4.06. The molecule has 4 nitrogen and oxygen atoms in total. The van der Waals surface area contributed by atoms with Crippen LogP contribution in [0.2, 0.25) is 0 Å². The van der Waals surface area contributed by atoms with Crippen molar-refractivity contribution in [3.05, 3.63) is 76.4 Å². The fraction of sp³-hybridized carbons (Fsp3) is 0.211. The van der Waals surface area contributed by atoms with E-state index in [1.54, 1.807) is 34.6 Å². The Morgan fingerprint density at radius 2 is 2.00 bits per heavy atom. The summed E-state index contributed by atoms with van der Waals surface area (Å²) in [5, 5.41) is 4.07. The fourth-order valence-electron chi connectivity index (χ4n) is 2.44. The molecule has 1 aromatic carbocycles. The van der Waals surface area contributed by atoms with Gasteiger partial charge in [0.1, 0.15) is 11.5 Å². The Labute approximate surface area is 145 Å². The Balaban J connectivity index is 1.79. The van der Waals surface area contributed by atoms with Crippen LogP contribution >= 0.6 is 11.3 Å². The normalized spacial score (nSPS) is 10.5. The van der Waals surface area contributed by atoms with Gasteiger partial charge in [0.05, 0.1) is 19.4 Å². The maximum absolute atomic E-state index is 12.9. The minimum absolute atomic E-state index is 0.0272. The molecular formula is C19H19NO3S. The van der Waals surface area contributed by atoms with Crippen LogP contribution in [0, 0.1) is 0 Å². The number of rotatable bonds is 7. The van der Waals surface area contributed by atoms with E-state index in [1.165, 1.54) is 0 Å². The Bertz CT molecular complexity index is 712. The molecule has 0 aliphatic carbocycles. The summed E-state index contributed by atoms with van der Waals surface area (Å²) in [5.41, 5.74) is 1.76. The van der Waals surface area contributed by atoms with Crippen molar-refractivity contribution in [2.45, 2.75) is 20.0 Å². The molecule has 124 valence electrons. The summed E-state index contributed by atoms with van der Waals surface area (Å²) < 4.78 is 10.8. The van der Waals surface area contributed by atoms with Gasteiger partial charge in [-0.2, -0.15) is 11.3 Å². The third-order valence-electron chi connectivity index (χ3n) is 3.58. The Morgan fingerprint density at radius 3 is 2.62 bits per heavy atom. The average Bonchev–Trinajstić information content (AvgIpc) is 3.28. The molecule has 0 N–H and O–H groups in total. The van der Waals surface area contributed by atoms with E-state index < -0.39 is 0 Å². The van der Waals surface area contributed by atoms with Crippen molar-refractivity contribution < 1.29 is 13.9 Å². The van der Waals surface area contributed by atoms with Crippen LogP contribution in [0.5, 0.6) is 5.75 Å². The van der Waals surface area contributed by atoms with Crippen molar-refractivity contribution in [1.29, 1.82) is 0 Å². The van der Waals surface area contributed by atoms with Gasteiger partial charge in [-0.25, -0.2) is 0 Å². The first-order chi connectivity index (χ1) is 11.8. The molecule has 0 fully saturated rings. The molecule has 2 heterocycles. The zero-order valence-corrected chi connectivity index (χ0v) is 14.3. The van der Waals surface area contributed by atoms with Gasteiger partial charge >= 0.3 is 0 Å². The lowest BCUT2D eigenvalue weighted by Crippen LogP contribution is -2.29. The lowest BCUT2D eigenvalue weighted by molar-refractivity contribution is 0.0718. The van der Waals surface area contributed by atoms with Crippen LogP contribution in [0.15, 0.2) is 63.9 Å². The molecule has 0 saturated heterocycles. The van der Waals surface area contributed by atoms with Crippen molar-refractivity contribution in [3.63, 3.8) is 0 Å². The largest absolute Gasteiger partial charge is 0.494 e. The van der Waals surface area contributed by atoms with Crippen molar-refractivity contribution in [1.82, 2.24) is 4.90 Å². The first kappa shape index (κ1) is 16.3. The van der Waals surface area contributed by atoms with E-state index in [4.69, 9.17) is 9.15 Å². The van der Waals surface area contributed by atoms with Crippen molar-refractivity contribution in [2.24, 2.45) is 0 Å². The molecular weight excluding hydrogens is 322 g/mol. The van der Waals surface area contributed by atoms with Gasteiger partial charge in [-0.3, -0.25) is 4.79 Å². The number of ether oxygens (including phenoxy) is 1. The third-order valence-corrected chi connectivity index (χ3v) is 4.31. The molecule has 0 atom stereocenters. The second-order valence-corrected chi connectivity index (χ2v) is 6.11. The van der Waals surface area contributed by atoms with Gasteiger partial charge < -0.3 is 14.1 Å². The number of nitrogens with zero attached hydrogens (tertiary/aromatic N) is 1. The van der Waals surface area contributed by atoms with Crippen molar-refractivity contribution >= 4 is 17.2 Å². The second kappa shape index (κ2) is 7.84. The summed E-state index contributed by atoms with van der Waals surface area (Å²) in [6.45, 7) is 3.53. The highest BCUT2D eigenvalue weighted by molar-refractivity contribution is 7.07. The van der Waals surface area contributed by atoms with Crippen LogP contribution in [-0.4, -0.2) is 17.4 Å². The first-order valence-corrected chi connectivity index (χ1v) is 8.76. The maximum Gasteiger partial charge on any atom is 0.254 e. The summed E-state index contributed by atoms with van der Waals surface area (Å²) in [4.78, 5) is 14.7. The molecule has 0 saturated carbocycles. The highest BCUT2D eigenvalue weighted by Crippen LogP contribution is 2.18. The van der Waals surface area contributed by atoms with Crippen molar-refractivity contribution in [3.8, 4) is 5.75 Å². The lowest BCUT2D eigenvalue weighted by atomic mass is 10.1. The minimum atomic E-state index is -0.0272. The summed E-state index contributed by atoms with van der Waals surface area (Å²) in [7, 11) is 0. The Morgan fingerprint density at radius 1 is 1.17 bits per heavy atom. The number of hydrogen-bond donors (Lipinski definition) is 0. The molecule has 0 aliphatic heterocycles. The molecule has 3 aromatic rings. The highest BCUT2D eigenvalue weighted by Gasteiger charge is 2.18. The number of benzene rings is 1. The van der Waals surface area contributed by atoms with E-state index in [0.29, 0.717) is 25.3 Å². The van der Waals surface area contributed by atoms with Crippen LogP contribution in [0.4, 0.5) is 0 Å². The van der Waals surface area contributed by atoms with Gasteiger partial charge in [-0.15, -0.1) is 0 Å². The lowest BCUT2D eigenvalue weighted by Gasteiger charge is -2.21. The highest BCUT2D eigenvalue weighted by atomic mass is 32.1. The standard InChI is InChI=1S/C19H19NO3S/c1-2-22-17-7-5-16(6-8-17)19(21)20(12-15-9-11-24-14-15)13-18-4-3-10-23-18/h3-11,14H,2,12-13H2,1H3. The van der Waals surface area contributed by atoms with Gasteiger partial charge in [-0.1, -0.05) is 0 Å². The van der Waals surface area contributed by atoms with Crippen LogP contribution in [0.3, 0.4) is 0 Å². The number of carbonyl (C=O) groups is 1. The van der Waals surface area contributed by atoms with Crippen LogP contribution in [0.1, 0.15) is 28.6 Å². The molecule has 0 aliphatic rings. The fourth-order valence-corrected chi connectivity index (χ4v) is 3.10. The molecule has 2 aromatic heterocycles. The molecule has 0 unspecified atom stereocenters. The number of thiophene rings is 1. The van der Waals surface area contributed by atoms with E-state index in [2.05, 4.69) is 5.38 Å². The molecule has 5 heteroatoms. The number of hydrogen-bond acceptors (Lipinski definition) is 4. The zero-order valence-electron chi connectivity index (χ0n) is 13.5. The second-order valence-electron chi connectivity index (χ2n) is 5.33. The molecule has 1 amide bonds. The van der Waals surface area contributed by atoms with E-state index >= 15 is 0 Å². The predicted octanol–water partition coefficient (Wildman–Crippen LogP) is 4.58. The number of furan rings is 1. The minimum Gasteiger partial charge on any atom is -0.494 e. The Hall–Kier alpha value is -2.53. The van der Waals surface area contributed by atoms with Gasteiger partial charge in [0.15, 0.2) is 0 Å². The summed E-state index contributed by atoms with van der Waals surface area (Å²) in [6.07, 6.45) is 1.62. The average molecular weight is 341 g/mol. The summed E-state index contributed by atoms with van der Waals surface area (Å²) in [5.74, 6) is 1.51. The number of amides is 1. The van der Waals surface area contributed by atoms with Gasteiger partial charge in [0.25, 0.3) is 5.91 Å². The van der Waals surface area contributed by atoms with Gasteiger partial charge in [0, 0.05) is 12.1 Å². The maximum atomic E-state index is 12.9. The predicted molar refractivity (Wildman–Crippen MR) is 94.2 cm³/mol. The smallest absolute Gasteiger partial charge is 0.254 e. The van der Waals surface area contributed by atoms with Crippen LogP contribution < -0.4 is 4.74 Å². The molecule has 0 radical (unpaired) electrons. The molecule has 24 heavy (non-hydrogen) atoms. The number of carbonyl (C=O) groups excluding carboxylic acids is 1. The van der Waals surface area contributed by atoms with E-state index in [1.807, 2.05) is 42.6 Å². The SMILES string of the molecule is CCOc1ccc(C(=O)N(Cc2ccsc2)Cc2ccco2)cc1. The quantitative estimate of drug-likeness (QED) is 0.631. The van der Waals surface area contributed by atoms with Gasteiger partial charge in [0.2, 0.25) is 0 Å². The zero-order chi connectivity index (χ0) is 16.8. The first-order valence-electron chi connectivity index (χ1n) is 7.82. The van der Waals surface area contributed by atoms with E-state index in [0.717, 1.165) is 17.1 Å². The van der Waals surface area contributed by atoms with E-state index in [-0.39, 0.29) is 5.91 Å². The van der Waals surface area contributed by atoms with E-state index in [9.17, 15) is 4.79 Å².